The lowest BCUT2D eigenvalue weighted by atomic mass is 9.48. The molecule has 0 spiro atoms. The van der Waals surface area contributed by atoms with E-state index in [2.05, 4.69) is 61.6 Å². The van der Waals surface area contributed by atoms with Crippen LogP contribution >= 0.6 is 23.5 Å². The Morgan fingerprint density at radius 1 is 0.521 bits per heavy atom. The first kappa shape index (κ1) is 32.6. The highest BCUT2D eigenvalue weighted by atomic mass is 32.2. The Balaban J connectivity index is 0.927. The van der Waals surface area contributed by atoms with Crippen molar-refractivity contribution in [3.8, 4) is 11.5 Å². The third-order valence-corrected chi connectivity index (χ3v) is 18.0. The highest BCUT2D eigenvalue weighted by molar-refractivity contribution is 8.03. The predicted molar refractivity (Wildman–Crippen MR) is 203 cm³/mol. The van der Waals surface area contributed by atoms with E-state index >= 15 is 0 Å². The Labute approximate surface area is 299 Å². The van der Waals surface area contributed by atoms with Gasteiger partial charge < -0.3 is 10.2 Å². The minimum atomic E-state index is 0.230. The van der Waals surface area contributed by atoms with Gasteiger partial charge in [-0.25, -0.2) is 0 Å². The summed E-state index contributed by atoms with van der Waals surface area (Å²) in [5.74, 6) is 8.45. The molecule has 9 saturated carbocycles. The number of rotatable bonds is 8. The normalized spacial score (nSPS) is 39.9. The maximum atomic E-state index is 11.9. The van der Waals surface area contributed by atoms with Gasteiger partial charge in [0.15, 0.2) is 0 Å². The van der Waals surface area contributed by atoms with E-state index in [1.807, 2.05) is 0 Å². The van der Waals surface area contributed by atoms with Crippen LogP contribution in [-0.4, -0.2) is 20.7 Å². The third-order valence-electron chi connectivity index (χ3n) is 14.9. The molecule has 0 heterocycles. The fourth-order valence-corrected chi connectivity index (χ4v) is 16.9. The maximum Gasteiger partial charge on any atom is 0.123 e. The van der Waals surface area contributed by atoms with Gasteiger partial charge in [0.2, 0.25) is 0 Å². The van der Waals surface area contributed by atoms with E-state index in [0.717, 1.165) is 47.0 Å². The fourth-order valence-electron chi connectivity index (χ4n) is 13.8. The average molecular weight is 685 g/mol. The van der Waals surface area contributed by atoms with Crippen LogP contribution in [0.4, 0.5) is 0 Å². The van der Waals surface area contributed by atoms with Crippen molar-refractivity contribution in [1.29, 1.82) is 0 Å². The van der Waals surface area contributed by atoms with Crippen molar-refractivity contribution in [3.05, 3.63) is 57.6 Å². The fraction of sp³-hybridized carbons (Fsp3) is 0.727. The van der Waals surface area contributed by atoms with Crippen molar-refractivity contribution in [2.24, 2.45) is 35.5 Å². The van der Waals surface area contributed by atoms with Crippen LogP contribution in [0.5, 0.6) is 11.5 Å². The number of aryl methyl sites for hydroxylation is 2. The molecular weight excluding hydrogens is 625 g/mol. The minimum Gasteiger partial charge on any atom is -0.507 e. The van der Waals surface area contributed by atoms with Gasteiger partial charge in [-0.15, -0.1) is 0 Å². The quantitative estimate of drug-likeness (QED) is 0.290. The first-order valence-corrected chi connectivity index (χ1v) is 22.2. The molecule has 0 radical (unpaired) electrons. The zero-order chi connectivity index (χ0) is 32.6. The molecule has 48 heavy (non-hydrogen) atoms. The average Bonchev–Trinajstić information content (AvgIpc) is 3.01. The first-order valence-electron chi connectivity index (χ1n) is 20.1. The van der Waals surface area contributed by atoms with E-state index in [1.165, 1.54) is 149 Å². The topological polar surface area (TPSA) is 40.5 Å². The smallest absolute Gasteiger partial charge is 0.123 e. The summed E-state index contributed by atoms with van der Waals surface area (Å²) in [6.45, 7) is 4.52. The molecule has 11 rings (SSSR count). The number of benzene rings is 2. The summed E-state index contributed by atoms with van der Waals surface area (Å²) >= 11 is 4.26. The SMILES string of the molecule is Cc1cc(CS[C@@H]2CCCCCC[C@H]2SCc2cc(C)cc(C34CC5CC(CC(C5)C3)C4)c2O)c(O)c(C23CC4CC(CC(C4)C2)C3)c1. The van der Waals surface area contributed by atoms with Gasteiger partial charge in [0.25, 0.3) is 0 Å². The van der Waals surface area contributed by atoms with Gasteiger partial charge in [0, 0.05) is 44.3 Å². The lowest BCUT2D eigenvalue weighted by Crippen LogP contribution is -2.48. The van der Waals surface area contributed by atoms with Crippen molar-refractivity contribution in [3.63, 3.8) is 0 Å². The summed E-state index contributed by atoms with van der Waals surface area (Å²) in [5.41, 5.74) is 8.13. The van der Waals surface area contributed by atoms with E-state index in [-0.39, 0.29) is 10.8 Å². The lowest BCUT2D eigenvalue weighted by molar-refractivity contribution is -0.00634. The van der Waals surface area contributed by atoms with Crippen molar-refractivity contribution in [1.82, 2.24) is 0 Å². The molecule has 9 fully saturated rings. The van der Waals surface area contributed by atoms with Crippen LogP contribution in [-0.2, 0) is 22.3 Å². The van der Waals surface area contributed by atoms with E-state index in [1.54, 1.807) is 0 Å². The number of thioether (sulfide) groups is 2. The molecule has 4 heteroatoms. The number of hydrogen-bond donors (Lipinski definition) is 2. The second-order valence-corrected chi connectivity index (χ2v) is 21.2. The van der Waals surface area contributed by atoms with Gasteiger partial charge in [-0.2, -0.15) is 23.5 Å². The lowest BCUT2D eigenvalue weighted by Gasteiger charge is -2.57. The van der Waals surface area contributed by atoms with Crippen LogP contribution in [0.15, 0.2) is 24.3 Å². The Morgan fingerprint density at radius 3 is 1.19 bits per heavy atom. The molecule has 2 aromatic carbocycles. The van der Waals surface area contributed by atoms with Gasteiger partial charge in [-0.3, -0.25) is 0 Å². The van der Waals surface area contributed by atoms with Crippen LogP contribution in [0.2, 0.25) is 0 Å². The van der Waals surface area contributed by atoms with Gasteiger partial charge in [-0.1, -0.05) is 61.1 Å². The van der Waals surface area contributed by atoms with Gasteiger partial charge in [0.1, 0.15) is 11.5 Å². The summed E-state index contributed by atoms with van der Waals surface area (Å²) in [6, 6.07) is 9.34. The van der Waals surface area contributed by atoms with E-state index in [0.29, 0.717) is 22.0 Å². The molecule has 9 aliphatic rings. The Bertz CT molecular complexity index is 1340. The third kappa shape index (κ3) is 5.97. The largest absolute Gasteiger partial charge is 0.507 e. The predicted octanol–water partition coefficient (Wildman–Crippen LogP) is 11.9. The van der Waals surface area contributed by atoms with Crippen LogP contribution in [0.25, 0.3) is 0 Å². The monoisotopic (exact) mass is 684 g/mol. The summed E-state index contributed by atoms with van der Waals surface area (Å²) in [7, 11) is 0. The molecule has 0 aromatic heterocycles. The Hall–Kier alpha value is -1.26. The highest BCUT2D eigenvalue weighted by Crippen LogP contribution is 2.63. The van der Waals surface area contributed by atoms with Crippen LogP contribution in [0.1, 0.15) is 149 Å². The standard InChI is InChI=1S/C44H60O2S2/c1-27-9-35(41(45)37(11-27)43-19-29-13-30(20-43)15-31(14-29)21-43)25-47-39-7-5-3-4-6-8-40(39)48-26-36-10-28(2)12-38(42(36)46)44-22-32-16-33(23-44)18-34(17-32)24-44/h9-12,29-34,39-40,45-46H,3-8,13-26H2,1-2H3/t29?,30?,31?,32?,33?,34?,39-,40-,43?,44?/m1/s1. The van der Waals surface area contributed by atoms with Crippen LogP contribution in [0, 0.1) is 49.4 Å². The van der Waals surface area contributed by atoms with Crippen molar-refractivity contribution in [2.45, 2.75) is 162 Å². The molecule has 0 aliphatic heterocycles. The maximum absolute atomic E-state index is 11.9. The molecule has 2 N–H and O–H groups in total. The van der Waals surface area contributed by atoms with Crippen molar-refractivity contribution >= 4 is 23.5 Å². The summed E-state index contributed by atoms with van der Waals surface area (Å²) in [4.78, 5) is 0. The van der Waals surface area contributed by atoms with Gasteiger partial charge >= 0.3 is 0 Å². The molecule has 2 nitrogen and oxygen atoms in total. The first-order chi connectivity index (χ1) is 23.2. The van der Waals surface area contributed by atoms with Gasteiger partial charge in [-0.05, 0) is 150 Å². The van der Waals surface area contributed by atoms with Crippen LogP contribution in [0.3, 0.4) is 0 Å². The summed E-state index contributed by atoms with van der Waals surface area (Å²) < 4.78 is 0. The molecule has 0 unspecified atom stereocenters. The molecule has 0 saturated heterocycles. The number of aromatic hydroxyl groups is 2. The number of phenols is 2. The summed E-state index contributed by atoms with van der Waals surface area (Å²) in [6.07, 6.45) is 24.4. The van der Waals surface area contributed by atoms with Crippen LogP contribution < -0.4 is 0 Å². The molecule has 9 aliphatic carbocycles. The summed E-state index contributed by atoms with van der Waals surface area (Å²) in [5, 5.41) is 25.1. The van der Waals surface area contributed by atoms with E-state index < -0.39 is 0 Å². The number of hydrogen-bond acceptors (Lipinski definition) is 4. The van der Waals surface area contributed by atoms with E-state index in [4.69, 9.17) is 0 Å². The second kappa shape index (κ2) is 12.8. The molecule has 0 amide bonds. The van der Waals surface area contributed by atoms with Crippen molar-refractivity contribution < 1.29 is 10.2 Å². The van der Waals surface area contributed by atoms with Crippen molar-refractivity contribution in [2.75, 3.05) is 0 Å². The van der Waals surface area contributed by atoms with E-state index in [9.17, 15) is 10.2 Å². The molecule has 8 bridgehead atoms. The highest BCUT2D eigenvalue weighted by Gasteiger charge is 2.54. The molecule has 2 aromatic rings. The molecule has 2 atom stereocenters. The van der Waals surface area contributed by atoms with Gasteiger partial charge in [0.05, 0.1) is 0 Å². The zero-order valence-corrected chi connectivity index (χ0v) is 31.4. The zero-order valence-electron chi connectivity index (χ0n) is 29.8. The molecular formula is C44H60O2S2. The number of phenolic OH excluding ortho intramolecular Hbond substituents is 2. The Kier molecular flexibility index (Phi) is 8.67. The minimum absolute atomic E-state index is 0.230. The second-order valence-electron chi connectivity index (χ2n) is 18.7. The Morgan fingerprint density at radius 2 is 0.854 bits per heavy atom. The molecule has 260 valence electrons.